The zero-order valence-electron chi connectivity index (χ0n) is 37.7. The number of aromatic nitrogens is 10. The summed E-state index contributed by atoms with van der Waals surface area (Å²) in [5.74, 6) is 0.889. The maximum absolute atomic E-state index is 14.9. The van der Waals surface area contributed by atoms with Crippen LogP contribution in [-0.4, -0.2) is 91.5 Å². The molecule has 9 aromatic rings. The van der Waals surface area contributed by atoms with Gasteiger partial charge >= 0.3 is 0 Å². The summed E-state index contributed by atoms with van der Waals surface area (Å²) >= 11 is 6.38. The SMILES string of the molecule is CC(Nc1ncnc2nc[nH]c12)c1cc2cccc(Cl)c2c(=O)n1-c1ccccc1.CCN1CCN(Cc2ccc(Nc3ncc(F)c(-c4cc(F)c5nc(C)n(C(C)C)c5c4)n3)nc2)CC1. The number of para-hydroxylation sites is 1. The molecule has 0 spiro atoms. The molecule has 3 N–H and O–H groups in total. The Morgan fingerprint density at radius 2 is 1.63 bits per heavy atom. The molecule has 1 saturated heterocycles. The van der Waals surface area contributed by atoms with Gasteiger partial charge in [-0.25, -0.2) is 43.7 Å². The Balaban J connectivity index is 0.000000171. The third kappa shape index (κ3) is 9.43. The fourth-order valence-electron chi connectivity index (χ4n) is 8.57. The second-order valence-electron chi connectivity index (χ2n) is 16.7. The number of aryl methyl sites for hydroxylation is 1. The van der Waals surface area contributed by atoms with Crippen molar-refractivity contribution in [3.8, 4) is 16.9 Å². The number of anilines is 3. The molecule has 342 valence electrons. The Bertz CT molecular complexity index is 3260. The van der Waals surface area contributed by atoms with Crippen LogP contribution in [0.5, 0.6) is 0 Å². The molecule has 0 aliphatic carbocycles. The number of nitrogens with zero attached hydrogens (tertiary/aromatic N) is 11. The summed E-state index contributed by atoms with van der Waals surface area (Å²) < 4.78 is 33.3. The van der Waals surface area contributed by atoms with Crippen molar-refractivity contribution in [2.45, 2.75) is 53.2 Å². The van der Waals surface area contributed by atoms with Gasteiger partial charge in [-0.1, -0.05) is 54.9 Å². The lowest BCUT2D eigenvalue weighted by molar-refractivity contribution is 0.132. The maximum Gasteiger partial charge on any atom is 0.264 e. The summed E-state index contributed by atoms with van der Waals surface area (Å²) in [5, 5.41) is 8.15. The first-order valence-corrected chi connectivity index (χ1v) is 22.5. The van der Waals surface area contributed by atoms with E-state index in [2.05, 4.69) is 67.2 Å². The first kappa shape index (κ1) is 45.0. The van der Waals surface area contributed by atoms with Crippen LogP contribution in [0.4, 0.5) is 26.4 Å². The van der Waals surface area contributed by atoms with Crippen LogP contribution in [0.15, 0.2) is 109 Å². The van der Waals surface area contributed by atoms with Gasteiger partial charge in [0.1, 0.15) is 34.7 Å². The molecule has 15 nitrogen and oxygen atoms in total. The summed E-state index contributed by atoms with van der Waals surface area (Å²) in [6.07, 6.45) is 5.95. The molecule has 0 radical (unpaired) electrons. The Morgan fingerprint density at radius 3 is 2.37 bits per heavy atom. The number of piperazine rings is 1. The fraction of sp³-hybridized carbons (Fsp3) is 0.265. The van der Waals surface area contributed by atoms with E-state index in [4.69, 9.17) is 11.6 Å². The molecule has 18 heteroatoms. The summed E-state index contributed by atoms with van der Waals surface area (Å²) in [5.41, 5.74) is 4.99. The quantitative estimate of drug-likeness (QED) is 0.113. The van der Waals surface area contributed by atoms with Gasteiger partial charge in [-0.15, -0.1) is 0 Å². The second-order valence-corrected chi connectivity index (χ2v) is 17.1. The van der Waals surface area contributed by atoms with Crippen molar-refractivity contribution in [1.82, 2.24) is 58.8 Å². The predicted octanol–water partition coefficient (Wildman–Crippen LogP) is 9.42. The molecule has 0 bridgehead atoms. The van der Waals surface area contributed by atoms with E-state index < -0.39 is 11.6 Å². The number of likely N-dealkylation sites (N-methyl/N-ethyl adjacent to an activating group) is 1. The largest absolute Gasteiger partial charge is 0.360 e. The van der Waals surface area contributed by atoms with Gasteiger partial charge in [-0.05, 0) is 87.7 Å². The van der Waals surface area contributed by atoms with Crippen LogP contribution in [0.1, 0.15) is 56.9 Å². The first-order chi connectivity index (χ1) is 32.4. The highest BCUT2D eigenvalue weighted by atomic mass is 35.5. The summed E-state index contributed by atoms with van der Waals surface area (Å²) in [7, 11) is 0. The summed E-state index contributed by atoms with van der Waals surface area (Å²) in [6, 6.07) is 23.7. The van der Waals surface area contributed by atoms with Crippen LogP contribution in [0.3, 0.4) is 0 Å². The molecule has 0 saturated carbocycles. The van der Waals surface area contributed by atoms with Crippen molar-refractivity contribution < 1.29 is 8.78 Å². The number of fused-ring (bicyclic) bond motifs is 3. The van der Waals surface area contributed by atoms with Crippen molar-refractivity contribution in [3.63, 3.8) is 0 Å². The Hall–Kier alpha value is -7.21. The number of rotatable bonds is 11. The van der Waals surface area contributed by atoms with Gasteiger partial charge in [0.05, 0.1) is 34.5 Å². The highest BCUT2D eigenvalue weighted by Gasteiger charge is 2.21. The van der Waals surface area contributed by atoms with Crippen molar-refractivity contribution >= 4 is 62.2 Å². The smallest absolute Gasteiger partial charge is 0.264 e. The summed E-state index contributed by atoms with van der Waals surface area (Å²) in [6.45, 7) is 16.2. The van der Waals surface area contributed by atoms with E-state index in [0.29, 0.717) is 50.1 Å². The third-order valence-electron chi connectivity index (χ3n) is 11.9. The molecule has 1 atom stereocenters. The number of hydrogen-bond donors (Lipinski definition) is 3. The molecular formula is C49H49ClF2N14O. The van der Waals surface area contributed by atoms with E-state index in [1.807, 2.05) is 99.1 Å². The molecule has 0 amide bonds. The zero-order chi connectivity index (χ0) is 46.8. The van der Waals surface area contributed by atoms with E-state index >= 15 is 0 Å². The van der Waals surface area contributed by atoms with Crippen molar-refractivity contribution in [1.29, 1.82) is 0 Å². The van der Waals surface area contributed by atoms with Crippen LogP contribution < -0.4 is 16.2 Å². The average Bonchev–Trinajstić information content (AvgIpc) is 3.96. The lowest BCUT2D eigenvalue weighted by Crippen LogP contribution is -2.45. The standard InChI is InChI=1S/C27H32F2N8.C22H17ClN6O/c1-5-35-8-10-36(11-9-35)16-19-6-7-24(30-14-19)33-27-31-15-22(29)25(34-27)20-12-21(28)26-23(13-20)37(17(2)3)18(4)32-26;1-13(28-21-19-20(25-11-24-19)26-12-27-21)17-10-14-6-5-9-16(23)18(14)22(30)29(17)15-7-3-2-4-8-15/h6-7,12-15,17H,5,8-11,16H2,1-4H3,(H,30,31,33,34);2-13H,1H3,(H2,24,25,26,27,28). The van der Waals surface area contributed by atoms with Gasteiger partial charge in [0.15, 0.2) is 23.1 Å². The van der Waals surface area contributed by atoms with Gasteiger partial charge in [0, 0.05) is 61.9 Å². The maximum atomic E-state index is 14.9. The lowest BCUT2D eigenvalue weighted by Gasteiger charge is -2.33. The highest BCUT2D eigenvalue weighted by Crippen LogP contribution is 2.31. The number of aromatic amines is 1. The molecule has 1 unspecified atom stereocenters. The van der Waals surface area contributed by atoms with Crippen molar-refractivity contribution in [2.24, 2.45) is 0 Å². The van der Waals surface area contributed by atoms with E-state index in [0.717, 1.165) is 67.8 Å². The topological polar surface area (TPSA) is 163 Å². The molecule has 3 aromatic carbocycles. The number of imidazole rings is 2. The molecule has 10 rings (SSSR count). The Morgan fingerprint density at radius 1 is 0.836 bits per heavy atom. The molecule has 1 aliphatic heterocycles. The Kier molecular flexibility index (Phi) is 13.0. The van der Waals surface area contributed by atoms with Crippen molar-refractivity contribution in [2.75, 3.05) is 43.4 Å². The highest BCUT2D eigenvalue weighted by molar-refractivity contribution is 6.35. The number of H-pyrrole nitrogens is 1. The zero-order valence-corrected chi connectivity index (χ0v) is 38.4. The van der Waals surface area contributed by atoms with Gasteiger partial charge in [0.2, 0.25) is 5.95 Å². The fourth-order valence-corrected chi connectivity index (χ4v) is 8.83. The van der Waals surface area contributed by atoms with E-state index in [-0.39, 0.29) is 34.8 Å². The average molecular weight is 923 g/mol. The van der Waals surface area contributed by atoms with E-state index in [1.54, 1.807) is 23.0 Å². The molecular weight excluding hydrogens is 874 g/mol. The summed E-state index contributed by atoms with van der Waals surface area (Å²) in [4.78, 5) is 51.4. The molecule has 1 fully saturated rings. The minimum atomic E-state index is -0.636. The number of halogens is 3. The first-order valence-electron chi connectivity index (χ1n) is 22.1. The number of pyridine rings is 2. The third-order valence-corrected chi connectivity index (χ3v) is 12.2. The Labute approximate surface area is 390 Å². The van der Waals surface area contributed by atoms with Crippen LogP contribution >= 0.6 is 11.6 Å². The molecule has 7 heterocycles. The number of hydrogen-bond acceptors (Lipinski definition) is 12. The normalized spacial score (nSPS) is 13.9. The van der Waals surface area contributed by atoms with Crippen LogP contribution in [0.25, 0.3) is 49.9 Å². The lowest BCUT2D eigenvalue weighted by atomic mass is 10.1. The molecule has 6 aromatic heterocycles. The molecule has 67 heavy (non-hydrogen) atoms. The van der Waals surface area contributed by atoms with Crippen LogP contribution in [-0.2, 0) is 6.54 Å². The predicted molar refractivity (Wildman–Crippen MR) is 259 cm³/mol. The monoisotopic (exact) mass is 922 g/mol. The number of nitrogens with one attached hydrogen (secondary N) is 3. The minimum Gasteiger partial charge on any atom is -0.360 e. The number of benzene rings is 3. The van der Waals surface area contributed by atoms with Crippen LogP contribution in [0, 0.1) is 18.6 Å². The molecule has 1 aliphatic rings. The second kappa shape index (κ2) is 19.3. The van der Waals surface area contributed by atoms with E-state index in [1.165, 1.54) is 12.4 Å². The van der Waals surface area contributed by atoms with Gasteiger partial charge in [0.25, 0.3) is 5.56 Å². The van der Waals surface area contributed by atoms with Gasteiger partial charge in [-0.2, -0.15) is 0 Å². The van der Waals surface area contributed by atoms with Gasteiger partial charge in [-0.3, -0.25) is 14.3 Å². The van der Waals surface area contributed by atoms with E-state index in [9.17, 15) is 13.6 Å². The van der Waals surface area contributed by atoms with Gasteiger partial charge < -0.3 is 25.1 Å². The minimum absolute atomic E-state index is 0.00954. The van der Waals surface area contributed by atoms with Crippen molar-refractivity contribution in [3.05, 3.63) is 148 Å². The van der Waals surface area contributed by atoms with Crippen LogP contribution in [0.2, 0.25) is 5.02 Å².